The normalized spacial score (nSPS) is 12.7. The van der Waals surface area contributed by atoms with Crippen molar-refractivity contribution in [2.24, 2.45) is 0 Å². The van der Waals surface area contributed by atoms with Crippen LogP contribution in [0.4, 0.5) is 0 Å². The Bertz CT molecular complexity index is 533. The maximum Gasteiger partial charge on any atom is 0.0668 e. The van der Waals surface area contributed by atoms with Gasteiger partial charge in [-0.05, 0) is 49.7 Å². The Balaban J connectivity index is 2.35. The highest BCUT2D eigenvalue weighted by molar-refractivity contribution is 9.10. The van der Waals surface area contributed by atoms with Gasteiger partial charge in [0.2, 0.25) is 0 Å². The second-order valence-corrected chi connectivity index (χ2v) is 6.44. The van der Waals surface area contributed by atoms with Gasteiger partial charge in [0.25, 0.3) is 0 Å². The molecule has 1 atom stereocenters. The first-order valence-electron chi connectivity index (χ1n) is 6.17. The molecule has 1 aromatic carbocycles. The summed E-state index contributed by atoms with van der Waals surface area (Å²) in [6.45, 7) is 4.33. The minimum absolute atomic E-state index is 0.294. The van der Waals surface area contributed by atoms with Crippen molar-refractivity contribution in [1.82, 2.24) is 5.32 Å². The molecule has 2 aromatic rings. The third kappa shape index (κ3) is 2.85. The van der Waals surface area contributed by atoms with Crippen molar-refractivity contribution in [2.45, 2.75) is 26.3 Å². The standard InChI is InChI=1S/C15H18BrNS/c1-4-12-6-8-14(18-12)15(17-3)11-5-7-13(16)10(2)9-11/h5-9,15,17H,4H2,1-3H3. The molecule has 0 radical (unpaired) electrons. The summed E-state index contributed by atoms with van der Waals surface area (Å²) < 4.78 is 1.17. The molecule has 1 aromatic heterocycles. The van der Waals surface area contributed by atoms with E-state index in [0.717, 1.165) is 6.42 Å². The highest BCUT2D eigenvalue weighted by atomic mass is 79.9. The summed E-state index contributed by atoms with van der Waals surface area (Å²) in [5, 5.41) is 3.41. The monoisotopic (exact) mass is 323 g/mol. The van der Waals surface area contributed by atoms with E-state index in [0.29, 0.717) is 6.04 Å². The molecule has 0 saturated heterocycles. The second kappa shape index (κ2) is 6.00. The highest BCUT2D eigenvalue weighted by Gasteiger charge is 2.14. The van der Waals surface area contributed by atoms with Gasteiger partial charge in [-0.1, -0.05) is 35.0 Å². The average molecular weight is 324 g/mol. The lowest BCUT2D eigenvalue weighted by Crippen LogP contribution is -2.16. The zero-order valence-electron chi connectivity index (χ0n) is 11.0. The molecular weight excluding hydrogens is 306 g/mol. The first-order valence-corrected chi connectivity index (χ1v) is 7.78. The summed E-state index contributed by atoms with van der Waals surface area (Å²) in [7, 11) is 2.02. The van der Waals surface area contributed by atoms with Crippen molar-refractivity contribution >= 4 is 27.3 Å². The van der Waals surface area contributed by atoms with E-state index >= 15 is 0 Å². The summed E-state index contributed by atoms with van der Waals surface area (Å²) in [5.74, 6) is 0. The van der Waals surface area contributed by atoms with Gasteiger partial charge in [0, 0.05) is 14.2 Å². The Morgan fingerprint density at radius 1 is 1.28 bits per heavy atom. The molecule has 0 amide bonds. The van der Waals surface area contributed by atoms with Crippen LogP contribution in [0.25, 0.3) is 0 Å². The van der Waals surface area contributed by atoms with E-state index in [2.05, 4.69) is 65.4 Å². The molecule has 2 rings (SSSR count). The van der Waals surface area contributed by atoms with Gasteiger partial charge in [0.1, 0.15) is 0 Å². The highest BCUT2D eigenvalue weighted by Crippen LogP contribution is 2.30. The molecule has 0 spiro atoms. The third-order valence-corrected chi connectivity index (χ3v) is 5.30. The number of hydrogen-bond donors (Lipinski definition) is 1. The van der Waals surface area contributed by atoms with E-state index in [-0.39, 0.29) is 0 Å². The number of aryl methyl sites for hydroxylation is 2. The van der Waals surface area contributed by atoms with Gasteiger partial charge in [-0.3, -0.25) is 0 Å². The van der Waals surface area contributed by atoms with Gasteiger partial charge in [-0.15, -0.1) is 11.3 Å². The molecule has 0 aliphatic carbocycles. The number of benzene rings is 1. The predicted molar refractivity (Wildman–Crippen MR) is 83.5 cm³/mol. The van der Waals surface area contributed by atoms with Crippen LogP contribution >= 0.6 is 27.3 Å². The van der Waals surface area contributed by atoms with Gasteiger partial charge in [-0.2, -0.15) is 0 Å². The molecule has 1 N–H and O–H groups in total. The Kier molecular flexibility index (Phi) is 4.60. The summed E-state index contributed by atoms with van der Waals surface area (Å²) in [4.78, 5) is 2.83. The van der Waals surface area contributed by atoms with E-state index in [1.807, 2.05) is 18.4 Å². The number of nitrogens with one attached hydrogen (secondary N) is 1. The van der Waals surface area contributed by atoms with Gasteiger partial charge in [0.15, 0.2) is 0 Å². The van der Waals surface area contributed by atoms with Crippen LogP contribution in [0.5, 0.6) is 0 Å². The van der Waals surface area contributed by atoms with Crippen molar-refractivity contribution in [3.05, 3.63) is 55.7 Å². The van der Waals surface area contributed by atoms with E-state index in [4.69, 9.17) is 0 Å². The quantitative estimate of drug-likeness (QED) is 0.860. The van der Waals surface area contributed by atoms with Crippen LogP contribution in [-0.2, 0) is 6.42 Å². The lowest BCUT2D eigenvalue weighted by molar-refractivity contribution is 0.703. The van der Waals surface area contributed by atoms with Crippen molar-refractivity contribution < 1.29 is 0 Å². The summed E-state index contributed by atoms with van der Waals surface area (Å²) >= 11 is 5.45. The van der Waals surface area contributed by atoms with Crippen LogP contribution in [0.2, 0.25) is 0 Å². The zero-order chi connectivity index (χ0) is 13.1. The molecule has 3 heteroatoms. The molecule has 96 valence electrons. The molecule has 1 nitrogen and oxygen atoms in total. The predicted octanol–water partition coefficient (Wildman–Crippen LogP) is 4.69. The molecule has 1 unspecified atom stereocenters. The topological polar surface area (TPSA) is 12.0 Å². The van der Waals surface area contributed by atoms with Gasteiger partial charge >= 0.3 is 0 Å². The van der Waals surface area contributed by atoms with Crippen molar-refractivity contribution in [3.63, 3.8) is 0 Å². The van der Waals surface area contributed by atoms with E-state index in [1.165, 1.54) is 25.4 Å². The zero-order valence-corrected chi connectivity index (χ0v) is 13.4. The van der Waals surface area contributed by atoms with E-state index in [9.17, 15) is 0 Å². The van der Waals surface area contributed by atoms with Crippen LogP contribution in [0, 0.1) is 6.92 Å². The Hall–Kier alpha value is -0.640. The minimum Gasteiger partial charge on any atom is -0.309 e. The number of thiophene rings is 1. The van der Waals surface area contributed by atoms with Crippen LogP contribution < -0.4 is 5.32 Å². The number of halogens is 1. The van der Waals surface area contributed by atoms with E-state index in [1.54, 1.807) is 0 Å². The molecule has 18 heavy (non-hydrogen) atoms. The smallest absolute Gasteiger partial charge is 0.0668 e. The maximum atomic E-state index is 3.55. The van der Waals surface area contributed by atoms with Crippen LogP contribution in [0.15, 0.2) is 34.8 Å². The van der Waals surface area contributed by atoms with Crippen molar-refractivity contribution in [1.29, 1.82) is 0 Å². The van der Waals surface area contributed by atoms with Crippen molar-refractivity contribution in [3.8, 4) is 0 Å². The van der Waals surface area contributed by atoms with Gasteiger partial charge < -0.3 is 5.32 Å². The van der Waals surface area contributed by atoms with Gasteiger partial charge in [0.05, 0.1) is 6.04 Å². The van der Waals surface area contributed by atoms with Crippen LogP contribution in [0.1, 0.15) is 33.8 Å². The second-order valence-electron chi connectivity index (χ2n) is 4.39. The SMILES string of the molecule is CCc1ccc(C(NC)c2ccc(Br)c(C)c2)s1. The Morgan fingerprint density at radius 3 is 2.61 bits per heavy atom. The summed E-state index contributed by atoms with van der Waals surface area (Å²) in [6, 6.07) is 11.3. The lowest BCUT2D eigenvalue weighted by atomic mass is 10.0. The Labute approximate surface area is 121 Å². The summed E-state index contributed by atoms with van der Waals surface area (Å²) in [6.07, 6.45) is 1.11. The van der Waals surface area contributed by atoms with Crippen molar-refractivity contribution in [2.75, 3.05) is 7.05 Å². The fourth-order valence-corrected chi connectivity index (χ4v) is 3.40. The van der Waals surface area contributed by atoms with Gasteiger partial charge in [-0.25, -0.2) is 0 Å². The minimum atomic E-state index is 0.294. The largest absolute Gasteiger partial charge is 0.309 e. The molecule has 0 aliphatic heterocycles. The van der Waals surface area contributed by atoms with Crippen LogP contribution in [-0.4, -0.2) is 7.05 Å². The fourth-order valence-electron chi connectivity index (χ4n) is 2.06. The van der Waals surface area contributed by atoms with Crippen LogP contribution in [0.3, 0.4) is 0 Å². The molecule has 0 saturated carbocycles. The first kappa shape index (κ1) is 13.8. The molecule has 0 aliphatic rings. The third-order valence-electron chi connectivity index (χ3n) is 3.12. The summed E-state index contributed by atoms with van der Waals surface area (Å²) in [5.41, 5.74) is 2.60. The fraction of sp³-hybridized carbons (Fsp3) is 0.333. The molecule has 0 fully saturated rings. The number of hydrogen-bond acceptors (Lipinski definition) is 2. The Morgan fingerprint density at radius 2 is 2.06 bits per heavy atom. The average Bonchev–Trinajstić information content (AvgIpc) is 2.83. The number of rotatable bonds is 4. The molecular formula is C15H18BrNS. The maximum absolute atomic E-state index is 3.55. The first-order chi connectivity index (χ1) is 8.65. The lowest BCUT2D eigenvalue weighted by Gasteiger charge is -2.16. The molecule has 0 bridgehead atoms. The molecule has 1 heterocycles. The van der Waals surface area contributed by atoms with E-state index < -0.39 is 0 Å².